The summed E-state index contributed by atoms with van der Waals surface area (Å²) < 4.78 is 24.3. The average Bonchev–Trinajstić information content (AvgIpc) is 3.35. The number of carbonyl (C=O) groups excluding carboxylic acids is 1. The molecule has 8 heteroatoms. The Labute approximate surface area is 190 Å². The molecule has 2 heterocycles. The minimum Gasteiger partial charge on any atom is -0.490 e. The number of benzene rings is 1. The normalized spacial score (nSPS) is 12.5. The minimum absolute atomic E-state index is 0.188. The van der Waals surface area contributed by atoms with Crippen molar-refractivity contribution in [1.82, 2.24) is 20.3 Å². The second kappa shape index (κ2) is 10.6. The van der Waals surface area contributed by atoms with E-state index in [-0.39, 0.29) is 5.91 Å². The van der Waals surface area contributed by atoms with Crippen LogP contribution in [0.15, 0.2) is 66.1 Å². The fraction of sp³-hybridized carbons (Fsp3) is 0.240. The van der Waals surface area contributed by atoms with Crippen LogP contribution in [0.4, 0.5) is 4.39 Å². The SMILES string of the molecule is COCCOc1cc(C2=C=C=C(F)C=C2)nc2cc(C(=O)NCCCc3ncc[nH]3)ccc12. The summed E-state index contributed by atoms with van der Waals surface area (Å²) in [5.74, 6) is 0.798. The molecule has 168 valence electrons. The van der Waals surface area contributed by atoms with Gasteiger partial charge in [0.25, 0.3) is 5.91 Å². The highest BCUT2D eigenvalue weighted by Gasteiger charge is 2.13. The number of halogens is 1. The first-order chi connectivity index (χ1) is 16.1. The Morgan fingerprint density at radius 2 is 2.12 bits per heavy atom. The fourth-order valence-corrected chi connectivity index (χ4v) is 3.34. The van der Waals surface area contributed by atoms with Gasteiger partial charge in [0.15, 0.2) is 5.83 Å². The van der Waals surface area contributed by atoms with Crippen molar-refractivity contribution < 1.29 is 18.7 Å². The van der Waals surface area contributed by atoms with Crippen molar-refractivity contribution in [3.63, 3.8) is 0 Å². The minimum atomic E-state index is -0.498. The molecule has 0 aliphatic heterocycles. The predicted molar refractivity (Wildman–Crippen MR) is 123 cm³/mol. The molecule has 0 spiro atoms. The zero-order valence-electron chi connectivity index (χ0n) is 18.2. The number of H-pyrrole nitrogens is 1. The van der Waals surface area contributed by atoms with Crippen LogP contribution in [0.2, 0.25) is 0 Å². The van der Waals surface area contributed by atoms with E-state index in [0.717, 1.165) is 24.1 Å². The molecule has 1 aliphatic carbocycles. The van der Waals surface area contributed by atoms with Gasteiger partial charge in [0.2, 0.25) is 0 Å². The quantitative estimate of drug-likeness (QED) is 0.364. The van der Waals surface area contributed by atoms with Crippen LogP contribution in [0.25, 0.3) is 16.5 Å². The van der Waals surface area contributed by atoms with Gasteiger partial charge in [0.05, 0.1) is 23.4 Å². The highest BCUT2D eigenvalue weighted by Crippen LogP contribution is 2.30. The lowest BCUT2D eigenvalue weighted by Gasteiger charge is -2.12. The molecule has 1 amide bonds. The van der Waals surface area contributed by atoms with Crippen LogP contribution in [0.3, 0.4) is 0 Å². The van der Waals surface area contributed by atoms with E-state index in [9.17, 15) is 9.18 Å². The number of hydrogen-bond donors (Lipinski definition) is 2. The van der Waals surface area contributed by atoms with Gasteiger partial charge in [0.1, 0.15) is 18.2 Å². The number of nitrogens with zero attached hydrogens (tertiary/aromatic N) is 2. The Kier molecular flexibility index (Phi) is 7.12. The first-order valence-electron chi connectivity index (χ1n) is 10.6. The van der Waals surface area contributed by atoms with E-state index >= 15 is 0 Å². The number of pyridine rings is 1. The average molecular weight is 446 g/mol. The van der Waals surface area contributed by atoms with E-state index < -0.39 is 5.83 Å². The van der Waals surface area contributed by atoms with Crippen LogP contribution < -0.4 is 10.1 Å². The van der Waals surface area contributed by atoms with E-state index in [4.69, 9.17) is 9.47 Å². The molecule has 1 aliphatic rings. The van der Waals surface area contributed by atoms with Gasteiger partial charge in [0, 0.05) is 49.5 Å². The van der Waals surface area contributed by atoms with Crippen molar-refractivity contribution in [2.24, 2.45) is 0 Å². The highest BCUT2D eigenvalue weighted by atomic mass is 19.1. The van der Waals surface area contributed by atoms with Gasteiger partial charge in [-0.1, -0.05) is 5.73 Å². The van der Waals surface area contributed by atoms with Crippen LogP contribution in [0.1, 0.15) is 28.3 Å². The van der Waals surface area contributed by atoms with Gasteiger partial charge in [-0.25, -0.2) is 9.97 Å². The summed E-state index contributed by atoms with van der Waals surface area (Å²) in [5.41, 5.74) is 7.38. The molecular weight excluding hydrogens is 423 g/mol. The molecule has 0 bridgehead atoms. The largest absolute Gasteiger partial charge is 0.490 e. The number of rotatable bonds is 10. The van der Waals surface area contributed by atoms with Crippen LogP contribution in [-0.4, -0.2) is 47.7 Å². The van der Waals surface area contributed by atoms with Crippen LogP contribution in [0.5, 0.6) is 5.75 Å². The first kappa shape index (κ1) is 22.2. The Hall–Kier alpha value is -3.96. The molecule has 0 saturated heterocycles. The molecule has 3 aromatic rings. The lowest BCUT2D eigenvalue weighted by atomic mass is 10.1. The lowest BCUT2D eigenvalue weighted by Crippen LogP contribution is -2.24. The Bertz CT molecular complexity index is 1280. The zero-order chi connectivity index (χ0) is 23.0. The number of allylic oxidation sites excluding steroid dienone is 4. The second-order valence-corrected chi connectivity index (χ2v) is 7.32. The third-order valence-corrected chi connectivity index (χ3v) is 5.00. The molecule has 7 nitrogen and oxygen atoms in total. The van der Waals surface area contributed by atoms with Crippen molar-refractivity contribution >= 4 is 22.4 Å². The first-order valence-corrected chi connectivity index (χ1v) is 10.6. The summed E-state index contributed by atoms with van der Waals surface area (Å²) in [6.45, 7) is 1.30. The number of imidazole rings is 1. The van der Waals surface area contributed by atoms with E-state index in [1.807, 2.05) is 6.07 Å². The number of methoxy groups -OCH3 is 1. The maximum atomic E-state index is 13.3. The Morgan fingerprint density at radius 3 is 2.88 bits per heavy atom. The number of aromatic nitrogens is 3. The van der Waals surface area contributed by atoms with Crippen LogP contribution >= 0.6 is 0 Å². The highest BCUT2D eigenvalue weighted by molar-refractivity contribution is 5.99. The van der Waals surface area contributed by atoms with Gasteiger partial charge in [-0.15, -0.1) is 0 Å². The molecule has 2 aromatic heterocycles. The molecule has 33 heavy (non-hydrogen) atoms. The Balaban J connectivity index is 1.57. The van der Waals surface area contributed by atoms with Gasteiger partial charge in [-0.2, -0.15) is 4.39 Å². The summed E-state index contributed by atoms with van der Waals surface area (Å²) in [6.07, 6.45) is 7.88. The van der Waals surface area contributed by atoms with Gasteiger partial charge in [-0.05, 0) is 42.5 Å². The van der Waals surface area contributed by atoms with Crippen molar-refractivity contribution in [2.45, 2.75) is 12.8 Å². The summed E-state index contributed by atoms with van der Waals surface area (Å²) in [5, 5.41) is 3.69. The number of carbonyl (C=O) groups is 1. The third-order valence-electron chi connectivity index (χ3n) is 5.00. The fourth-order valence-electron chi connectivity index (χ4n) is 3.34. The van der Waals surface area contributed by atoms with Gasteiger partial charge < -0.3 is 19.8 Å². The number of aryl methyl sites for hydroxylation is 1. The van der Waals surface area contributed by atoms with Crippen molar-refractivity contribution in [3.8, 4) is 5.75 Å². The molecule has 0 radical (unpaired) electrons. The lowest BCUT2D eigenvalue weighted by molar-refractivity contribution is 0.0953. The van der Waals surface area contributed by atoms with Gasteiger partial charge >= 0.3 is 0 Å². The molecular formula is C25H23FN4O3. The molecule has 0 atom stereocenters. The van der Waals surface area contributed by atoms with E-state index in [1.165, 1.54) is 6.08 Å². The number of amides is 1. The van der Waals surface area contributed by atoms with Gasteiger partial charge in [-0.3, -0.25) is 4.79 Å². The molecule has 4 rings (SSSR count). The summed E-state index contributed by atoms with van der Waals surface area (Å²) in [6, 6.07) is 7.04. The Morgan fingerprint density at radius 1 is 1.21 bits per heavy atom. The number of nitrogens with one attached hydrogen (secondary N) is 2. The van der Waals surface area contributed by atoms with Crippen LogP contribution in [-0.2, 0) is 11.2 Å². The number of hydrogen-bond acceptors (Lipinski definition) is 5. The van der Waals surface area contributed by atoms with Crippen molar-refractivity contribution in [2.75, 3.05) is 26.9 Å². The molecule has 0 saturated carbocycles. The molecule has 2 N–H and O–H groups in total. The molecule has 1 aromatic carbocycles. The maximum Gasteiger partial charge on any atom is 0.251 e. The maximum absolute atomic E-state index is 13.3. The second-order valence-electron chi connectivity index (χ2n) is 7.32. The van der Waals surface area contributed by atoms with Crippen LogP contribution in [0, 0.1) is 0 Å². The van der Waals surface area contributed by atoms with Crippen molar-refractivity contribution in [1.29, 1.82) is 0 Å². The molecule has 0 fully saturated rings. The summed E-state index contributed by atoms with van der Waals surface area (Å²) in [7, 11) is 1.60. The standard InChI is InChI=1S/C25H23FN4O3/c1-32-13-14-33-23-16-21(17-4-7-19(26)8-5-17)30-22-15-18(6-9-20(22)23)25(31)29-10-2-3-24-27-11-12-28-24/h4,6-7,9,11-12,15-16H,2-3,10,13-14H2,1H3,(H,27,28)(H,29,31). The number of ether oxygens (including phenoxy) is 2. The predicted octanol–water partition coefficient (Wildman–Crippen LogP) is 3.91. The topological polar surface area (TPSA) is 89.1 Å². The van der Waals surface area contributed by atoms with E-state index in [0.29, 0.717) is 47.9 Å². The smallest absolute Gasteiger partial charge is 0.251 e. The number of aromatic amines is 1. The third kappa shape index (κ3) is 5.64. The monoisotopic (exact) mass is 446 g/mol. The van der Waals surface area contributed by atoms with Crippen molar-refractivity contribution in [3.05, 3.63) is 83.2 Å². The number of fused-ring (bicyclic) bond motifs is 1. The summed E-state index contributed by atoms with van der Waals surface area (Å²) in [4.78, 5) is 24.6. The van der Waals surface area contributed by atoms with E-state index in [2.05, 4.69) is 31.7 Å². The van der Waals surface area contributed by atoms with E-state index in [1.54, 1.807) is 43.8 Å². The molecule has 0 unspecified atom stereocenters. The zero-order valence-corrected chi connectivity index (χ0v) is 18.2. The summed E-state index contributed by atoms with van der Waals surface area (Å²) >= 11 is 0.